The average Bonchev–Trinajstić information content (AvgIpc) is 2.29. The van der Waals surface area contributed by atoms with Crippen molar-refractivity contribution in [2.45, 2.75) is 11.1 Å². The summed E-state index contributed by atoms with van der Waals surface area (Å²) in [5.41, 5.74) is 5.17. The van der Waals surface area contributed by atoms with Crippen molar-refractivity contribution in [3.63, 3.8) is 0 Å². The van der Waals surface area contributed by atoms with E-state index < -0.39 is 20.1 Å². The molecule has 0 bridgehead atoms. The van der Waals surface area contributed by atoms with Crippen LogP contribution in [0.3, 0.4) is 0 Å². The number of hydrogen-bond acceptors (Lipinski definition) is 6. The number of aromatic nitrogens is 1. The van der Waals surface area contributed by atoms with Gasteiger partial charge in [0.05, 0.1) is 0 Å². The molecule has 0 unspecified atom stereocenters. The smallest absolute Gasteiger partial charge is 0.307 e. The van der Waals surface area contributed by atoms with Crippen LogP contribution in [0.25, 0.3) is 0 Å². The van der Waals surface area contributed by atoms with Gasteiger partial charge < -0.3 is 5.73 Å². The van der Waals surface area contributed by atoms with Crippen LogP contribution in [0.1, 0.15) is 16.7 Å². The van der Waals surface area contributed by atoms with Crippen molar-refractivity contribution >= 4 is 33.1 Å². The van der Waals surface area contributed by atoms with Crippen molar-refractivity contribution in [3.05, 3.63) is 5.01 Å². The lowest BCUT2D eigenvalue weighted by atomic mass is 10.5. The fraction of sp³-hybridized carbons (Fsp3) is 0.200. The minimum Gasteiger partial charge on any atom is -0.382 e. The van der Waals surface area contributed by atoms with Gasteiger partial charge in [0.2, 0.25) is 0 Å². The molecule has 0 amide bonds. The van der Waals surface area contributed by atoms with Crippen LogP contribution >= 0.6 is 11.3 Å². The van der Waals surface area contributed by atoms with Gasteiger partial charge in [-0.1, -0.05) is 11.3 Å². The molecule has 1 heterocycles. The lowest BCUT2D eigenvalue weighted by molar-refractivity contribution is 0.101. The molecule has 8 heteroatoms. The Morgan fingerprint density at radius 3 is 2.38 bits per heavy atom. The van der Waals surface area contributed by atoms with Gasteiger partial charge in [0.25, 0.3) is 0 Å². The maximum Gasteiger partial charge on any atom is 0.307 e. The van der Waals surface area contributed by atoms with E-state index in [4.69, 9.17) is 10.3 Å². The molecule has 0 spiro atoms. The van der Waals surface area contributed by atoms with E-state index in [2.05, 4.69) is 4.98 Å². The molecule has 0 saturated carbocycles. The summed E-state index contributed by atoms with van der Waals surface area (Å²) in [7, 11) is -4.37. The molecule has 3 N–H and O–H groups in total. The zero-order valence-electron chi connectivity index (χ0n) is 6.51. The third kappa shape index (κ3) is 2.02. The zero-order valence-corrected chi connectivity index (χ0v) is 8.15. The molecular weight excluding hydrogens is 216 g/mol. The van der Waals surface area contributed by atoms with E-state index in [9.17, 15) is 13.2 Å². The number of rotatable bonds is 2. The SMILES string of the molecule is CC(=O)c1nc(N)c(S(=O)(=O)O)s1. The molecule has 0 fully saturated rings. The Kier molecular flexibility index (Phi) is 2.37. The predicted molar refractivity (Wildman–Crippen MR) is 46.3 cm³/mol. The Labute approximate surface area is 78.2 Å². The second-order valence-corrected chi connectivity index (χ2v) is 4.84. The summed E-state index contributed by atoms with van der Waals surface area (Å²) in [4.78, 5) is 14.2. The summed E-state index contributed by atoms with van der Waals surface area (Å²) in [5, 5.41) is -0.0369. The lowest BCUT2D eigenvalue weighted by Gasteiger charge is -1.89. The molecule has 0 aromatic carbocycles. The summed E-state index contributed by atoms with van der Waals surface area (Å²) < 4.78 is 29.4. The van der Waals surface area contributed by atoms with Gasteiger partial charge in [0.15, 0.2) is 20.8 Å². The molecule has 1 aromatic heterocycles. The maximum atomic E-state index is 10.8. The molecule has 0 atom stereocenters. The van der Waals surface area contributed by atoms with Gasteiger partial charge in [0, 0.05) is 6.92 Å². The van der Waals surface area contributed by atoms with E-state index in [0.717, 1.165) is 0 Å². The minimum absolute atomic E-state index is 0.0369. The van der Waals surface area contributed by atoms with Gasteiger partial charge in [-0.05, 0) is 0 Å². The van der Waals surface area contributed by atoms with Crippen LogP contribution in [-0.4, -0.2) is 23.7 Å². The minimum atomic E-state index is -4.37. The van der Waals surface area contributed by atoms with E-state index in [1.165, 1.54) is 6.92 Å². The molecule has 0 aliphatic heterocycles. The van der Waals surface area contributed by atoms with Crippen LogP contribution in [0.2, 0.25) is 0 Å². The fourth-order valence-electron chi connectivity index (χ4n) is 0.653. The van der Waals surface area contributed by atoms with Crippen LogP contribution in [0, 0.1) is 0 Å². The number of anilines is 1. The Balaban J connectivity index is 3.35. The number of nitrogens with two attached hydrogens (primary N) is 1. The summed E-state index contributed by atoms with van der Waals surface area (Å²) in [6.07, 6.45) is 0. The molecule has 6 nitrogen and oxygen atoms in total. The largest absolute Gasteiger partial charge is 0.382 e. The van der Waals surface area contributed by atoms with Gasteiger partial charge in [-0.25, -0.2) is 4.98 Å². The molecule has 0 radical (unpaired) electrons. The van der Waals surface area contributed by atoms with Crippen LogP contribution in [-0.2, 0) is 10.1 Å². The number of carbonyl (C=O) groups excluding carboxylic acids is 1. The highest BCUT2D eigenvalue weighted by molar-refractivity contribution is 7.88. The maximum absolute atomic E-state index is 10.8. The molecule has 0 saturated heterocycles. The normalized spacial score (nSPS) is 11.5. The fourth-order valence-corrected chi connectivity index (χ4v) is 2.23. The van der Waals surface area contributed by atoms with Crippen molar-refractivity contribution in [2.75, 3.05) is 5.73 Å². The van der Waals surface area contributed by atoms with Gasteiger partial charge >= 0.3 is 10.1 Å². The summed E-state index contributed by atoms with van der Waals surface area (Å²) in [6.45, 7) is 1.23. The van der Waals surface area contributed by atoms with Crippen molar-refractivity contribution in [1.82, 2.24) is 4.98 Å². The van der Waals surface area contributed by atoms with Crippen LogP contribution in [0.15, 0.2) is 4.21 Å². The van der Waals surface area contributed by atoms with Gasteiger partial charge in [-0.3, -0.25) is 9.35 Å². The van der Waals surface area contributed by atoms with E-state index in [1.807, 2.05) is 0 Å². The summed E-state index contributed by atoms with van der Waals surface area (Å²) in [5.74, 6) is -0.746. The highest BCUT2D eigenvalue weighted by Crippen LogP contribution is 2.25. The third-order valence-corrected chi connectivity index (χ3v) is 3.68. The zero-order chi connectivity index (χ0) is 10.2. The van der Waals surface area contributed by atoms with Gasteiger partial charge in [-0.2, -0.15) is 8.42 Å². The van der Waals surface area contributed by atoms with E-state index in [-0.39, 0.29) is 10.8 Å². The summed E-state index contributed by atoms with van der Waals surface area (Å²) in [6, 6.07) is 0. The molecule has 1 rings (SSSR count). The molecule has 0 aliphatic rings. The number of Topliss-reactive ketones (excluding diaryl/α,β-unsaturated/α-hetero) is 1. The first-order valence-corrected chi connectivity index (χ1v) is 5.32. The predicted octanol–water partition coefficient (Wildman–Crippen LogP) is 0.175. The molecule has 1 aromatic rings. The average molecular weight is 222 g/mol. The Bertz CT molecular complexity index is 447. The first-order chi connectivity index (χ1) is 5.82. The van der Waals surface area contributed by atoms with E-state index in [0.29, 0.717) is 11.3 Å². The number of hydrogen-bond donors (Lipinski definition) is 2. The first kappa shape index (κ1) is 10.1. The second kappa shape index (κ2) is 3.05. The van der Waals surface area contributed by atoms with Crippen LogP contribution in [0.4, 0.5) is 5.82 Å². The molecule has 0 aliphatic carbocycles. The van der Waals surface area contributed by atoms with E-state index in [1.54, 1.807) is 0 Å². The van der Waals surface area contributed by atoms with Crippen molar-refractivity contribution in [2.24, 2.45) is 0 Å². The number of nitrogens with zero attached hydrogens (tertiary/aromatic N) is 1. The Morgan fingerprint density at radius 1 is 1.62 bits per heavy atom. The van der Waals surface area contributed by atoms with Crippen molar-refractivity contribution in [3.8, 4) is 0 Å². The Morgan fingerprint density at radius 2 is 2.15 bits per heavy atom. The standard InChI is InChI=1S/C5H6N2O4S2/c1-2(8)4-7-3(6)5(12-4)13(9,10)11/h6H2,1H3,(H,9,10,11). The third-order valence-electron chi connectivity index (χ3n) is 1.16. The van der Waals surface area contributed by atoms with Gasteiger partial charge in [0.1, 0.15) is 0 Å². The lowest BCUT2D eigenvalue weighted by Crippen LogP contribution is -1.99. The Hall–Kier alpha value is -0.990. The number of nitrogen functional groups attached to an aromatic ring is 1. The highest BCUT2D eigenvalue weighted by atomic mass is 32.3. The monoisotopic (exact) mass is 222 g/mol. The summed E-state index contributed by atoms with van der Waals surface area (Å²) >= 11 is 0.551. The second-order valence-electron chi connectivity index (χ2n) is 2.22. The number of carbonyl (C=O) groups is 1. The number of thiazole rings is 1. The first-order valence-electron chi connectivity index (χ1n) is 3.07. The topological polar surface area (TPSA) is 110 Å². The highest BCUT2D eigenvalue weighted by Gasteiger charge is 2.21. The van der Waals surface area contributed by atoms with Crippen LogP contribution in [0.5, 0.6) is 0 Å². The van der Waals surface area contributed by atoms with Crippen molar-refractivity contribution < 1.29 is 17.8 Å². The number of ketones is 1. The van der Waals surface area contributed by atoms with E-state index >= 15 is 0 Å². The quantitative estimate of drug-likeness (QED) is 0.545. The van der Waals surface area contributed by atoms with Crippen molar-refractivity contribution in [1.29, 1.82) is 0 Å². The van der Waals surface area contributed by atoms with Gasteiger partial charge in [-0.15, -0.1) is 0 Å². The molecule has 72 valence electrons. The van der Waals surface area contributed by atoms with Crippen LogP contribution < -0.4 is 5.73 Å². The molecular formula is C5H6N2O4S2. The molecule has 13 heavy (non-hydrogen) atoms.